The van der Waals surface area contributed by atoms with Crippen LogP contribution >= 0.6 is 0 Å². The van der Waals surface area contributed by atoms with E-state index >= 15 is 0 Å². The summed E-state index contributed by atoms with van der Waals surface area (Å²) in [6.07, 6.45) is 1.62. The zero-order valence-corrected chi connectivity index (χ0v) is 17.9. The standard InChI is InChI=1S/C21H21N3O6S/c1-28-17-10-9-15(12-18(17)29-2)20-22-23-21(30-20)31(26,27)13-19(25)24-11-5-7-14-6-3-4-8-16(14)24/h3-4,6,8-10,12H,5,7,11,13H2,1-2H3. The van der Waals surface area contributed by atoms with Crippen LogP contribution in [0.25, 0.3) is 11.5 Å². The van der Waals surface area contributed by atoms with Gasteiger partial charge in [0, 0.05) is 17.8 Å². The number of hydrogen-bond donors (Lipinski definition) is 0. The van der Waals surface area contributed by atoms with Gasteiger partial charge in [0.25, 0.3) is 0 Å². The zero-order chi connectivity index (χ0) is 22.0. The van der Waals surface area contributed by atoms with Crippen LogP contribution < -0.4 is 14.4 Å². The number of carbonyl (C=O) groups excluding carboxylic acids is 1. The van der Waals surface area contributed by atoms with Crippen molar-refractivity contribution in [3.05, 3.63) is 48.0 Å². The van der Waals surface area contributed by atoms with Gasteiger partial charge in [-0.2, -0.15) is 0 Å². The fourth-order valence-electron chi connectivity index (χ4n) is 3.52. The summed E-state index contributed by atoms with van der Waals surface area (Å²) in [7, 11) is -1.13. The first-order valence-electron chi connectivity index (χ1n) is 9.60. The number of methoxy groups -OCH3 is 2. The molecule has 0 atom stereocenters. The third kappa shape index (κ3) is 4.11. The van der Waals surface area contributed by atoms with Crippen molar-refractivity contribution in [1.29, 1.82) is 0 Å². The van der Waals surface area contributed by atoms with Crippen molar-refractivity contribution in [1.82, 2.24) is 10.2 Å². The molecule has 0 saturated heterocycles. The highest BCUT2D eigenvalue weighted by molar-refractivity contribution is 7.91. The fourth-order valence-corrected chi connectivity index (χ4v) is 4.49. The Morgan fingerprint density at radius 2 is 1.87 bits per heavy atom. The fraction of sp³-hybridized carbons (Fsp3) is 0.286. The highest BCUT2D eigenvalue weighted by Gasteiger charge is 2.31. The zero-order valence-electron chi connectivity index (χ0n) is 17.1. The molecule has 0 bridgehead atoms. The smallest absolute Gasteiger partial charge is 0.336 e. The molecule has 4 rings (SSSR count). The summed E-state index contributed by atoms with van der Waals surface area (Å²) < 4.78 is 41.4. The van der Waals surface area contributed by atoms with Crippen LogP contribution in [-0.4, -0.2) is 51.0 Å². The molecule has 162 valence electrons. The molecule has 0 saturated carbocycles. The number of para-hydroxylation sites is 1. The predicted molar refractivity (Wildman–Crippen MR) is 112 cm³/mol. The molecule has 0 N–H and O–H groups in total. The van der Waals surface area contributed by atoms with Gasteiger partial charge >= 0.3 is 5.22 Å². The average Bonchev–Trinajstić information content (AvgIpc) is 3.29. The lowest BCUT2D eigenvalue weighted by Crippen LogP contribution is -2.39. The molecule has 0 spiro atoms. The minimum absolute atomic E-state index is 0.00436. The molecule has 10 heteroatoms. The van der Waals surface area contributed by atoms with E-state index in [2.05, 4.69) is 10.2 Å². The van der Waals surface area contributed by atoms with Gasteiger partial charge in [-0.3, -0.25) is 4.79 Å². The second-order valence-electron chi connectivity index (χ2n) is 6.98. The largest absolute Gasteiger partial charge is 0.493 e. The van der Waals surface area contributed by atoms with E-state index in [0.717, 1.165) is 24.1 Å². The summed E-state index contributed by atoms with van der Waals surface area (Å²) in [4.78, 5) is 14.3. The number of rotatable bonds is 6. The molecule has 1 aromatic heterocycles. The number of benzene rings is 2. The minimum atomic E-state index is -4.11. The lowest BCUT2D eigenvalue weighted by atomic mass is 10.0. The molecule has 3 aromatic rings. The minimum Gasteiger partial charge on any atom is -0.493 e. The monoisotopic (exact) mass is 443 g/mol. The average molecular weight is 443 g/mol. The van der Waals surface area contributed by atoms with Crippen LogP contribution in [0.1, 0.15) is 12.0 Å². The lowest BCUT2D eigenvalue weighted by molar-refractivity contribution is -0.116. The Morgan fingerprint density at radius 1 is 1.10 bits per heavy atom. The second-order valence-corrected chi connectivity index (χ2v) is 8.85. The van der Waals surface area contributed by atoms with Gasteiger partial charge in [0.05, 0.1) is 14.2 Å². The molecule has 2 aromatic carbocycles. The second kappa shape index (κ2) is 8.38. The molecular weight excluding hydrogens is 422 g/mol. The van der Waals surface area contributed by atoms with E-state index in [9.17, 15) is 13.2 Å². The Balaban J connectivity index is 1.56. The van der Waals surface area contributed by atoms with Crippen molar-refractivity contribution >= 4 is 21.4 Å². The van der Waals surface area contributed by atoms with Gasteiger partial charge in [0.1, 0.15) is 5.75 Å². The van der Waals surface area contributed by atoms with Crippen molar-refractivity contribution in [2.24, 2.45) is 0 Å². The van der Waals surface area contributed by atoms with Crippen molar-refractivity contribution in [3.63, 3.8) is 0 Å². The van der Waals surface area contributed by atoms with Crippen molar-refractivity contribution in [3.8, 4) is 23.0 Å². The number of hydrogen-bond acceptors (Lipinski definition) is 8. The first kappa shape index (κ1) is 20.9. The number of fused-ring (bicyclic) bond motifs is 1. The molecule has 0 radical (unpaired) electrons. The van der Waals surface area contributed by atoms with Crippen molar-refractivity contribution in [2.45, 2.75) is 18.1 Å². The number of amides is 1. The molecule has 1 amide bonds. The van der Waals surface area contributed by atoms with Gasteiger partial charge in [-0.05, 0) is 42.7 Å². The Hall–Kier alpha value is -3.40. The quantitative estimate of drug-likeness (QED) is 0.571. The first-order chi connectivity index (χ1) is 14.9. The SMILES string of the molecule is COc1ccc(-c2nnc(S(=O)(=O)CC(=O)N3CCCc4ccccc43)o2)cc1OC. The highest BCUT2D eigenvalue weighted by atomic mass is 32.2. The van der Waals surface area contributed by atoms with E-state index in [1.165, 1.54) is 19.1 Å². The van der Waals surface area contributed by atoms with Crippen LogP contribution in [0.15, 0.2) is 52.1 Å². The maximum absolute atomic E-state index is 12.8. The van der Waals surface area contributed by atoms with Gasteiger partial charge < -0.3 is 18.8 Å². The number of sulfone groups is 1. The van der Waals surface area contributed by atoms with Gasteiger partial charge in [-0.1, -0.05) is 23.3 Å². The summed E-state index contributed by atoms with van der Waals surface area (Å²) in [6, 6.07) is 12.4. The normalized spacial score (nSPS) is 13.5. The number of aryl methyl sites for hydroxylation is 1. The van der Waals surface area contributed by atoms with E-state index in [1.54, 1.807) is 18.2 Å². The Morgan fingerprint density at radius 3 is 2.65 bits per heavy atom. The van der Waals surface area contributed by atoms with E-state index in [0.29, 0.717) is 23.6 Å². The number of anilines is 1. The van der Waals surface area contributed by atoms with E-state index in [1.807, 2.05) is 24.3 Å². The molecule has 1 aliphatic rings. The summed E-state index contributed by atoms with van der Waals surface area (Å²) >= 11 is 0. The van der Waals surface area contributed by atoms with Crippen LogP contribution in [-0.2, 0) is 21.1 Å². The maximum Gasteiger partial charge on any atom is 0.336 e. The summed E-state index contributed by atoms with van der Waals surface area (Å²) in [5.74, 6) is -0.351. The third-order valence-electron chi connectivity index (χ3n) is 5.03. The molecule has 0 aliphatic carbocycles. The molecule has 0 unspecified atom stereocenters. The van der Waals surface area contributed by atoms with Gasteiger partial charge in [-0.25, -0.2) is 8.42 Å². The van der Waals surface area contributed by atoms with Crippen LogP contribution in [0.2, 0.25) is 0 Å². The highest BCUT2D eigenvalue weighted by Crippen LogP contribution is 2.32. The molecule has 9 nitrogen and oxygen atoms in total. The van der Waals surface area contributed by atoms with Crippen LogP contribution in [0, 0.1) is 0 Å². The maximum atomic E-state index is 12.8. The third-order valence-corrected chi connectivity index (χ3v) is 6.35. The first-order valence-corrected chi connectivity index (χ1v) is 11.2. The Kier molecular flexibility index (Phi) is 5.64. The number of ether oxygens (including phenoxy) is 2. The van der Waals surface area contributed by atoms with Crippen LogP contribution in [0.5, 0.6) is 11.5 Å². The molecule has 31 heavy (non-hydrogen) atoms. The van der Waals surface area contributed by atoms with E-state index in [4.69, 9.17) is 13.9 Å². The van der Waals surface area contributed by atoms with Crippen molar-refractivity contribution < 1.29 is 27.1 Å². The predicted octanol–water partition coefficient (Wildman–Crippen LogP) is 2.51. The molecular formula is C21H21N3O6S. The van der Waals surface area contributed by atoms with Crippen molar-refractivity contribution in [2.75, 3.05) is 31.4 Å². The van der Waals surface area contributed by atoms with E-state index in [-0.39, 0.29) is 5.89 Å². The summed E-state index contributed by atoms with van der Waals surface area (Å²) in [5, 5.41) is 6.88. The molecule has 0 fully saturated rings. The van der Waals surface area contributed by atoms with E-state index < -0.39 is 26.7 Å². The number of nitrogens with zero attached hydrogens (tertiary/aromatic N) is 3. The summed E-state index contributed by atoms with van der Waals surface area (Å²) in [6.45, 7) is 0.464. The number of aromatic nitrogens is 2. The summed E-state index contributed by atoms with van der Waals surface area (Å²) in [5.41, 5.74) is 2.22. The van der Waals surface area contributed by atoms with Gasteiger partial charge in [0.2, 0.25) is 21.6 Å². The van der Waals surface area contributed by atoms with Gasteiger partial charge in [-0.15, -0.1) is 5.10 Å². The van der Waals surface area contributed by atoms with Gasteiger partial charge in [0.15, 0.2) is 11.5 Å². The molecule has 1 aliphatic heterocycles. The lowest BCUT2D eigenvalue weighted by Gasteiger charge is -2.29. The molecule has 2 heterocycles. The number of carbonyl (C=O) groups is 1. The Labute approximate surface area is 179 Å². The van der Waals surface area contributed by atoms with Crippen LogP contribution in [0.3, 0.4) is 0 Å². The topological polar surface area (TPSA) is 112 Å². The van der Waals surface area contributed by atoms with Crippen LogP contribution in [0.4, 0.5) is 5.69 Å². The Bertz CT molecular complexity index is 1220.